The van der Waals surface area contributed by atoms with Crippen molar-refractivity contribution in [2.45, 2.75) is 59.0 Å². The van der Waals surface area contributed by atoms with E-state index in [2.05, 4.69) is 26.1 Å². The van der Waals surface area contributed by atoms with E-state index in [-0.39, 0.29) is 0 Å². The summed E-state index contributed by atoms with van der Waals surface area (Å²) >= 11 is 0. The molecule has 2 heteroatoms. The zero-order valence-electron chi connectivity index (χ0n) is 10.6. The van der Waals surface area contributed by atoms with Gasteiger partial charge < -0.3 is 10.1 Å². The topological polar surface area (TPSA) is 21.3 Å². The normalized spacial score (nSPS) is 21.8. The van der Waals surface area contributed by atoms with Crippen LogP contribution in [-0.4, -0.2) is 25.8 Å². The molecule has 0 amide bonds. The first kappa shape index (κ1) is 13.0. The van der Waals surface area contributed by atoms with Crippen LogP contribution in [0.5, 0.6) is 0 Å². The molecule has 0 aromatic heterocycles. The summed E-state index contributed by atoms with van der Waals surface area (Å²) in [5, 5.41) is 3.32. The van der Waals surface area contributed by atoms with Crippen molar-refractivity contribution < 1.29 is 4.74 Å². The summed E-state index contributed by atoms with van der Waals surface area (Å²) < 4.78 is 5.88. The maximum Gasteiger partial charge on any atom is 0.0575 e. The van der Waals surface area contributed by atoms with Gasteiger partial charge in [0.15, 0.2) is 0 Å². The Balaban J connectivity index is 1.99. The largest absolute Gasteiger partial charge is 0.378 e. The maximum absolute atomic E-state index is 5.88. The molecule has 1 aliphatic carbocycles. The predicted octanol–water partition coefficient (Wildman–Crippen LogP) is 2.97. The third-order valence-electron chi connectivity index (χ3n) is 3.39. The summed E-state index contributed by atoms with van der Waals surface area (Å²) in [6, 6.07) is 0. The highest BCUT2D eigenvalue weighted by molar-refractivity contribution is 4.78. The van der Waals surface area contributed by atoms with E-state index in [0.29, 0.717) is 11.5 Å². The average molecular weight is 213 g/mol. The van der Waals surface area contributed by atoms with Crippen molar-refractivity contribution in [3.8, 4) is 0 Å². The Morgan fingerprint density at radius 1 is 1.27 bits per heavy atom. The first-order chi connectivity index (χ1) is 7.14. The van der Waals surface area contributed by atoms with E-state index in [1.165, 1.54) is 25.7 Å². The standard InChI is InChI=1S/C13H27NO/c1-4-14-10-5-11-15-12-6-8-13(2,3)9-7-12/h12,14H,4-11H2,1-3H3. The van der Waals surface area contributed by atoms with Crippen molar-refractivity contribution >= 4 is 0 Å². The highest BCUT2D eigenvalue weighted by Crippen LogP contribution is 2.36. The zero-order valence-corrected chi connectivity index (χ0v) is 10.6. The third kappa shape index (κ3) is 5.53. The van der Waals surface area contributed by atoms with Gasteiger partial charge in [-0.05, 0) is 50.6 Å². The molecule has 1 fully saturated rings. The smallest absolute Gasteiger partial charge is 0.0575 e. The molecule has 0 aromatic carbocycles. The fourth-order valence-corrected chi connectivity index (χ4v) is 2.16. The second kappa shape index (κ2) is 6.49. The fraction of sp³-hybridized carbons (Fsp3) is 1.00. The van der Waals surface area contributed by atoms with Crippen molar-refractivity contribution in [3.05, 3.63) is 0 Å². The molecule has 0 atom stereocenters. The van der Waals surface area contributed by atoms with Gasteiger partial charge in [0.05, 0.1) is 6.10 Å². The van der Waals surface area contributed by atoms with Crippen molar-refractivity contribution in [2.75, 3.05) is 19.7 Å². The van der Waals surface area contributed by atoms with E-state index in [0.717, 1.165) is 26.1 Å². The van der Waals surface area contributed by atoms with Crippen LogP contribution < -0.4 is 5.32 Å². The summed E-state index contributed by atoms with van der Waals surface area (Å²) in [6.07, 6.45) is 6.85. The first-order valence-electron chi connectivity index (χ1n) is 6.46. The predicted molar refractivity (Wildman–Crippen MR) is 65.1 cm³/mol. The van der Waals surface area contributed by atoms with Gasteiger partial charge in [0.1, 0.15) is 0 Å². The van der Waals surface area contributed by atoms with Crippen LogP contribution in [0, 0.1) is 5.41 Å². The van der Waals surface area contributed by atoms with Gasteiger partial charge in [-0.3, -0.25) is 0 Å². The van der Waals surface area contributed by atoms with Gasteiger partial charge in [0.2, 0.25) is 0 Å². The third-order valence-corrected chi connectivity index (χ3v) is 3.39. The van der Waals surface area contributed by atoms with Gasteiger partial charge in [-0.1, -0.05) is 20.8 Å². The highest BCUT2D eigenvalue weighted by Gasteiger charge is 2.26. The van der Waals surface area contributed by atoms with Crippen molar-refractivity contribution in [1.82, 2.24) is 5.32 Å². The van der Waals surface area contributed by atoms with Crippen LogP contribution in [0.3, 0.4) is 0 Å². The van der Waals surface area contributed by atoms with E-state index in [1.54, 1.807) is 0 Å². The zero-order chi connectivity index (χ0) is 11.1. The van der Waals surface area contributed by atoms with Gasteiger partial charge in [0, 0.05) is 6.61 Å². The molecule has 1 saturated carbocycles. The SMILES string of the molecule is CCNCCCOC1CCC(C)(C)CC1. The van der Waals surface area contributed by atoms with E-state index < -0.39 is 0 Å². The number of nitrogens with one attached hydrogen (secondary N) is 1. The number of rotatable bonds is 6. The number of hydrogen-bond donors (Lipinski definition) is 1. The minimum absolute atomic E-state index is 0.541. The second-order valence-corrected chi connectivity index (χ2v) is 5.44. The summed E-state index contributed by atoms with van der Waals surface area (Å²) in [7, 11) is 0. The molecule has 0 bridgehead atoms. The van der Waals surface area contributed by atoms with Crippen LogP contribution >= 0.6 is 0 Å². The first-order valence-corrected chi connectivity index (χ1v) is 6.46. The second-order valence-electron chi connectivity index (χ2n) is 5.44. The summed E-state index contributed by atoms with van der Waals surface area (Å²) in [4.78, 5) is 0. The summed E-state index contributed by atoms with van der Waals surface area (Å²) in [6.45, 7) is 9.97. The van der Waals surface area contributed by atoms with E-state index >= 15 is 0 Å². The highest BCUT2D eigenvalue weighted by atomic mass is 16.5. The molecule has 90 valence electrons. The Kier molecular flexibility index (Phi) is 5.62. The minimum atomic E-state index is 0.541. The summed E-state index contributed by atoms with van der Waals surface area (Å²) in [5.74, 6) is 0. The number of ether oxygens (including phenoxy) is 1. The van der Waals surface area contributed by atoms with Crippen LogP contribution in [0.25, 0.3) is 0 Å². The van der Waals surface area contributed by atoms with Gasteiger partial charge in [-0.2, -0.15) is 0 Å². The van der Waals surface area contributed by atoms with Crippen LogP contribution in [-0.2, 0) is 4.74 Å². The van der Waals surface area contributed by atoms with Gasteiger partial charge >= 0.3 is 0 Å². The van der Waals surface area contributed by atoms with E-state index in [9.17, 15) is 0 Å². The van der Waals surface area contributed by atoms with Gasteiger partial charge in [-0.25, -0.2) is 0 Å². The molecule has 15 heavy (non-hydrogen) atoms. The van der Waals surface area contributed by atoms with Crippen molar-refractivity contribution in [2.24, 2.45) is 5.41 Å². The Bertz CT molecular complexity index is 158. The molecule has 0 aliphatic heterocycles. The quantitative estimate of drug-likeness (QED) is 0.685. The molecule has 1 rings (SSSR count). The van der Waals surface area contributed by atoms with Crippen molar-refractivity contribution in [1.29, 1.82) is 0 Å². The van der Waals surface area contributed by atoms with Crippen LogP contribution in [0.4, 0.5) is 0 Å². The molecule has 2 nitrogen and oxygen atoms in total. The van der Waals surface area contributed by atoms with Gasteiger partial charge in [0.25, 0.3) is 0 Å². The molecule has 0 unspecified atom stereocenters. The fourth-order valence-electron chi connectivity index (χ4n) is 2.16. The molecule has 0 radical (unpaired) electrons. The van der Waals surface area contributed by atoms with Crippen LogP contribution in [0.1, 0.15) is 52.9 Å². The molecule has 1 aliphatic rings. The molecule has 0 spiro atoms. The minimum Gasteiger partial charge on any atom is -0.378 e. The van der Waals surface area contributed by atoms with E-state index in [1.807, 2.05) is 0 Å². The molecular formula is C13H27NO. The lowest BCUT2D eigenvalue weighted by Crippen LogP contribution is -2.27. The van der Waals surface area contributed by atoms with Crippen molar-refractivity contribution in [3.63, 3.8) is 0 Å². The molecule has 0 aromatic rings. The Morgan fingerprint density at radius 3 is 2.53 bits per heavy atom. The Hall–Kier alpha value is -0.0800. The molecule has 0 saturated heterocycles. The Morgan fingerprint density at radius 2 is 1.93 bits per heavy atom. The number of hydrogen-bond acceptors (Lipinski definition) is 2. The Labute approximate surface area is 94.8 Å². The lowest BCUT2D eigenvalue weighted by molar-refractivity contribution is 0.00358. The van der Waals surface area contributed by atoms with Crippen LogP contribution in [0.15, 0.2) is 0 Å². The summed E-state index contributed by atoms with van der Waals surface area (Å²) in [5.41, 5.74) is 0.559. The molecule has 0 heterocycles. The molecule has 1 N–H and O–H groups in total. The maximum atomic E-state index is 5.88. The lowest BCUT2D eigenvalue weighted by Gasteiger charge is -2.34. The molecular weight excluding hydrogens is 186 g/mol. The average Bonchev–Trinajstić information content (AvgIpc) is 2.20. The lowest BCUT2D eigenvalue weighted by atomic mass is 9.76. The van der Waals surface area contributed by atoms with E-state index in [4.69, 9.17) is 4.74 Å². The monoisotopic (exact) mass is 213 g/mol. The van der Waals surface area contributed by atoms with Crippen LogP contribution in [0.2, 0.25) is 0 Å². The van der Waals surface area contributed by atoms with Gasteiger partial charge in [-0.15, -0.1) is 0 Å².